The van der Waals surface area contributed by atoms with E-state index in [0.29, 0.717) is 19.3 Å². The summed E-state index contributed by atoms with van der Waals surface area (Å²) in [4.78, 5) is 0. The molecule has 3 heteroatoms. The Morgan fingerprint density at radius 1 is 1.21 bits per heavy atom. The van der Waals surface area contributed by atoms with E-state index >= 15 is 0 Å². The molecule has 0 amide bonds. The highest BCUT2D eigenvalue weighted by Gasteiger charge is 2.13. The molecule has 0 saturated heterocycles. The number of nitrogens with one attached hydrogen (secondary N) is 1. The molecule has 1 heterocycles. The average molecular weight is 193 g/mol. The molecule has 1 N–H and O–H groups in total. The molecular weight excluding hydrogens is 178 g/mol. The van der Waals surface area contributed by atoms with E-state index in [1.54, 1.807) is 0 Å². The van der Waals surface area contributed by atoms with Crippen LogP contribution in [0.3, 0.4) is 0 Å². The standard InChI is InChI=1S/C11H15NO2/c1-8(12-2)9-3-4-10-11(7-9)14-6-5-13-10/h3-4,7-8,12H,5-6H2,1-2H3/t8-/m1/s1. The van der Waals surface area contributed by atoms with Crippen LogP contribution in [0.5, 0.6) is 11.5 Å². The Labute approximate surface area is 84.0 Å². The van der Waals surface area contributed by atoms with E-state index in [0.717, 1.165) is 11.5 Å². The fourth-order valence-corrected chi connectivity index (χ4v) is 1.50. The van der Waals surface area contributed by atoms with E-state index in [1.807, 2.05) is 19.2 Å². The maximum absolute atomic E-state index is 5.51. The molecule has 0 aromatic heterocycles. The van der Waals surface area contributed by atoms with Gasteiger partial charge in [-0.05, 0) is 31.7 Å². The summed E-state index contributed by atoms with van der Waals surface area (Å²) in [5.74, 6) is 1.71. The van der Waals surface area contributed by atoms with Gasteiger partial charge in [-0.1, -0.05) is 6.07 Å². The molecule has 1 aromatic rings. The number of rotatable bonds is 2. The van der Waals surface area contributed by atoms with Crippen LogP contribution in [0.4, 0.5) is 0 Å². The Morgan fingerprint density at radius 3 is 2.64 bits per heavy atom. The van der Waals surface area contributed by atoms with E-state index in [-0.39, 0.29) is 0 Å². The van der Waals surface area contributed by atoms with E-state index < -0.39 is 0 Å². The van der Waals surface area contributed by atoms with Gasteiger partial charge in [-0.15, -0.1) is 0 Å². The van der Waals surface area contributed by atoms with Gasteiger partial charge >= 0.3 is 0 Å². The summed E-state index contributed by atoms with van der Waals surface area (Å²) < 4.78 is 11.0. The molecule has 3 nitrogen and oxygen atoms in total. The monoisotopic (exact) mass is 193 g/mol. The van der Waals surface area contributed by atoms with Gasteiger partial charge in [0, 0.05) is 6.04 Å². The van der Waals surface area contributed by atoms with Gasteiger partial charge in [-0.2, -0.15) is 0 Å². The molecule has 0 saturated carbocycles. The van der Waals surface area contributed by atoms with Crippen molar-refractivity contribution in [3.63, 3.8) is 0 Å². The number of hydrogen-bond acceptors (Lipinski definition) is 3. The minimum Gasteiger partial charge on any atom is -0.486 e. The van der Waals surface area contributed by atoms with Gasteiger partial charge in [0.15, 0.2) is 11.5 Å². The lowest BCUT2D eigenvalue weighted by atomic mass is 10.1. The lowest BCUT2D eigenvalue weighted by Crippen LogP contribution is -2.17. The van der Waals surface area contributed by atoms with Crippen molar-refractivity contribution in [1.29, 1.82) is 0 Å². The van der Waals surface area contributed by atoms with E-state index in [9.17, 15) is 0 Å². The quantitative estimate of drug-likeness (QED) is 0.776. The molecule has 1 aromatic carbocycles. The zero-order chi connectivity index (χ0) is 9.97. The second-order valence-electron chi connectivity index (χ2n) is 3.41. The fraction of sp³-hybridized carbons (Fsp3) is 0.455. The molecule has 0 radical (unpaired) electrons. The Balaban J connectivity index is 2.29. The van der Waals surface area contributed by atoms with Crippen LogP contribution in [-0.4, -0.2) is 20.3 Å². The summed E-state index contributed by atoms with van der Waals surface area (Å²) in [7, 11) is 1.95. The molecule has 0 bridgehead atoms. The van der Waals surface area contributed by atoms with Gasteiger partial charge < -0.3 is 14.8 Å². The lowest BCUT2D eigenvalue weighted by molar-refractivity contribution is 0.171. The SMILES string of the molecule is CN[C@H](C)c1ccc2c(c1)OCCO2. The Morgan fingerprint density at radius 2 is 1.93 bits per heavy atom. The molecule has 0 spiro atoms. The predicted octanol–water partition coefficient (Wildman–Crippen LogP) is 1.74. The number of ether oxygens (including phenoxy) is 2. The Hall–Kier alpha value is -1.22. The molecule has 0 aliphatic carbocycles. The average Bonchev–Trinajstić information content (AvgIpc) is 2.27. The molecule has 2 rings (SSSR count). The van der Waals surface area contributed by atoms with Crippen LogP contribution < -0.4 is 14.8 Å². The third-order valence-corrected chi connectivity index (χ3v) is 2.50. The normalized spacial score (nSPS) is 16.4. The van der Waals surface area contributed by atoms with Crippen LogP contribution >= 0.6 is 0 Å². The number of benzene rings is 1. The lowest BCUT2D eigenvalue weighted by Gasteiger charge is -2.20. The van der Waals surface area contributed by atoms with Crippen molar-refractivity contribution in [2.24, 2.45) is 0 Å². The third kappa shape index (κ3) is 1.68. The number of hydrogen-bond donors (Lipinski definition) is 1. The first-order valence-electron chi connectivity index (χ1n) is 4.88. The van der Waals surface area contributed by atoms with Gasteiger partial charge in [0.05, 0.1) is 0 Å². The van der Waals surface area contributed by atoms with Crippen LogP contribution in [0.15, 0.2) is 18.2 Å². The summed E-state index contributed by atoms with van der Waals surface area (Å²) in [6.07, 6.45) is 0. The topological polar surface area (TPSA) is 30.5 Å². The molecule has 1 aliphatic rings. The van der Waals surface area contributed by atoms with Crippen LogP contribution in [0.25, 0.3) is 0 Å². The molecular formula is C11H15NO2. The van der Waals surface area contributed by atoms with Crippen LogP contribution in [-0.2, 0) is 0 Å². The summed E-state index contributed by atoms with van der Waals surface area (Å²) in [6.45, 7) is 3.41. The smallest absolute Gasteiger partial charge is 0.161 e. The number of fused-ring (bicyclic) bond motifs is 1. The Kier molecular flexibility index (Phi) is 2.59. The fourth-order valence-electron chi connectivity index (χ4n) is 1.50. The van der Waals surface area contributed by atoms with E-state index in [2.05, 4.69) is 18.3 Å². The Bertz CT molecular complexity index is 325. The van der Waals surface area contributed by atoms with Gasteiger partial charge in [-0.3, -0.25) is 0 Å². The first kappa shape index (κ1) is 9.34. The van der Waals surface area contributed by atoms with Gasteiger partial charge in [0.1, 0.15) is 13.2 Å². The highest BCUT2D eigenvalue weighted by molar-refractivity contribution is 5.44. The predicted molar refractivity (Wildman–Crippen MR) is 54.9 cm³/mol. The van der Waals surface area contributed by atoms with Crippen molar-refractivity contribution in [1.82, 2.24) is 5.32 Å². The molecule has 1 atom stereocenters. The van der Waals surface area contributed by atoms with Crippen LogP contribution in [0, 0.1) is 0 Å². The van der Waals surface area contributed by atoms with Crippen molar-refractivity contribution in [3.8, 4) is 11.5 Å². The second kappa shape index (κ2) is 3.88. The largest absolute Gasteiger partial charge is 0.486 e. The van der Waals surface area contributed by atoms with Crippen molar-refractivity contribution in [2.75, 3.05) is 20.3 Å². The van der Waals surface area contributed by atoms with Crippen LogP contribution in [0.1, 0.15) is 18.5 Å². The third-order valence-electron chi connectivity index (χ3n) is 2.50. The minimum atomic E-state index is 0.339. The molecule has 0 fully saturated rings. The van der Waals surface area contributed by atoms with Crippen molar-refractivity contribution < 1.29 is 9.47 Å². The zero-order valence-electron chi connectivity index (χ0n) is 8.54. The zero-order valence-corrected chi connectivity index (χ0v) is 8.54. The van der Waals surface area contributed by atoms with Crippen LogP contribution in [0.2, 0.25) is 0 Å². The van der Waals surface area contributed by atoms with Gasteiger partial charge in [0.2, 0.25) is 0 Å². The van der Waals surface area contributed by atoms with Crippen molar-refractivity contribution in [3.05, 3.63) is 23.8 Å². The first-order valence-corrected chi connectivity index (χ1v) is 4.88. The first-order chi connectivity index (χ1) is 6.81. The summed E-state index contributed by atoms with van der Waals surface area (Å²) in [5, 5.41) is 3.19. The summed E-state index contributed by atoms with van der Waals surface area (Å²) in [6, 6.07) is 6.41. The summed E-state index contributed by atoms with van der Waals surface area (Å²) >= 11 is 0. The summed E-state index contributed by atoms with van der Waals surface area (Å²) in [5.41, 5.74) is 1.22. The molecule has 0 unspecified atom stereocenters. The van der Waals surface area contributed by atoms with Gasteiger partial charge in [0.25, 0.3) is 0 Å². The minimum absolute atomic E-state index is 0.339. The molecule has 14 heavy (non-hydrogen) atoms. The van der Waals surface area contributed by atoms with E-state index in [4.69, 9.17) is 9.47 Å². The second-order valence-corrected chi connectivity index (χ2v) is 3.41. The maximum atomic E-state index is 5.51. The maximum Gasteiger partial charge on any atom is 0.161 e. The van der Waals surface area contributed by atoms with Crippen molar-refractivity contribution >= 4 is 0 Å². The van der Waals surface area contributed by atoms with Gasteiger partial charge in [-0.25, -0.2) is 0 Å². The highest BCUT2D eigenvalue weighted by atomic mass is 16.6. The molecule has 76 valence electrons. The highest BCUT2D eigenvalue weighted by Crippen LogP contribution is 2.32. The van der Waals surface area contributed by atoms with E-state index in [1.165, 1.54) is 5.56 Å². The molecule has 1 aliphatic heterocycles. The van der Waals surface area contributed by atoms with Crippen molar-refractivity contribution in [2.45, 2.75) is 13.0 Å².